The number of carbonyl (C=O) groups excluding carboxylic acids is 1. The van der Waals surface area contributed by atoms with E-state index in [-0.39, 0.29) is 18.0 Å². The molecule has 112 valence electrons. The van der Waals surface area contributed by atoms with Crippen molar-refractivity contribution in [3.63, 3.8) is 0 Å². The van der Waals surface area contributed by atoms with Crippen molar-refractivity contribution in [1.82, 2.24) is 9.97 Å². The van der Waals surface area contributed by atoms with Gasteiger partial charge in [0.25, 0.3) is 0 Å². The molecule has 0 bridgehead atoms. The predicted molar refractivity (Wildman–Crippen MR) is 78.7 cm³/mol. The second-order valence-corrected chi connectivity index (χ2v) is 5.33. The monoisotopic (exact) mass is 299 g/mol. The molecular weight excluding hydrogens is 278 g/mol. The summed E-state index contributed by atoms with van der Waals surface area (Å²) in [6, 6.07) is 0. The zero-order chi connectivity index (χ0) is 15.2. The molecule has 3 N–H and O–H groups in total. The lowest BCUT2D eigenvalue weighted by molar-refractivity contribution is 0.0525. The fourth-order valence-corrected chi connectivity index (χ4v) is 2.56. The Morgan fingerprint density at radius 1 is 1.45 bits per heavy atom. The molecule has 0 aliphatic heterocycles. The van der Waals surface area contributed by atoms with Gasteiger partial charge in [0.2, 0.25) is 0 Å². The van der Waals surface area contributed by atoms with Crippen LogP contribution in [-0.2, 0) is 4.74 Å². The van der Waals surface area contributed by atoms with Crippen LogP contribution in [0.15, 0.2) is 11.4 Å². The molecule has 0 aromatic carbocycles. The summed E-state index contributed by atoms with van der Waals surface area (Å²) in [6.45, 7) is 5.86. The molecule has 0 spiro atoms. The number of aromatic nitrogens is 2. The molecule has 0 saturated heterocycles. The number of esters is 1. The Labute approximate surface area is 123 Å². The molecule has 6 nitrogen and oxygen atoms in total. The minimum atomic E-state index is -0.734. The number of anilines is 1. The molecule has 0 aliphatic carbocycles. The lowest BCUT2D eigenvalue weighted by Crippen LogP contribution is -2.29. The van der Waals surface area contributed by atoms with Crippen molar-refractivity contribution in [3.8, 4) is 0 Å². The fraction of sp³-hybridized carbons (Fsp3) is 0.615. The van der Waals surface area contributed by atoms with Crippen LogP contribution in [0.5, 0.6) is 0 Å². The zero-order valence-corrected chi connectivity index (χ0v) is 12.9. The number of aliphatic hydroxyl groups is 1. The molecule has 0 amide bonds. The molecule has 1 rings (SSSR count). The molecule has 0 fully saturated rings. The van der Waals surface area contributed by atoms with E-state index >= 15 is 0 Å². The average Bonchev–Trinajstić information content (AvgIpc) is 2.45. The third-order valence-corrected chi connectivity index (χ3v) is 4.21. The molecule has 0 atom stereocenters. The summed E-state index contributed by atoms with van der Waals surface area (Å²) in [5.74, 6) is 0.0516. The first-order valence-electron chi connectivity index (χ1n) is 6.60. The van der Waals surface area contributed by atoms with E-state index in [0.29, 0.717) is 23.8 Å². The minimum absolute atomic E-state index is 0.0949. The Bertz CT molecular complexity index is 464. The average molecular weight is 299 g/mol. The second-order valence-electron chi connectivity index (χ2n) is 4.39. The summed E-state index contributed by atoms with van der Waals surface area (Å²) in [4.78, 5) is 19.7. The Balaban J connectivity index is 2.75. The van der Waals surface area contributed by atoms with E-state index in [0.717, 1.165) is 0 Å². The quantitative estimate of drug-likeness (QED) is 0.450. The Morgan fingerprint density at radius 2 is 2.10 bits per heavy atom. The summed E-state index contributed by atoms with van der Waals surface area (Å²) in [5.41, 5.74) is 5.16. The van der Waals surface area contributed by atoms with Crippen LogP contribution in [-0.4, -0.2) is 39.0 Å². The third-order valence-electron chi connectivity index (χ3n) is 3.08. The standard InChI is InChI=1S/C13H21N3O3S/c1-4-13(18,5-2)8-20-12-15-7-9(10(14)16-12)11(17)19-6-3/h7,18H,4-6,8H2,1-3H3,(H2,14,15,16). The molecule has 0 radical (unpaired) electrons. The summed E-state index contributed by atoms with van der Waals surface area (Å²) in [5, 5.41) is 10.6. The number of nitrogens with two attached hydrogens (primary N) is 1. The normalized spacial score (nSPS) is 11.4. The van der Waals surface area contributed by atoms with E-state index < -0.39 is 11.6 Å². The number of nitrogen functional groups attached to an aromatic ring is 1. The zero-order valence-electron chi connectivity index (χ0n) is 12.0. The maximum absolute atomic E-state index is 11.6. The summed E-state index contributed by atoms with van der Waals surface area (Å²) in [6.07, 6.45) is 2.68. The lowest BCUT2D eigenvalue weighted by Gasteiger charge is -2.23. The van der Waals surface area contributed by atoms with E-state index in [2.05, 4.69) is 9.97 Å². The smallest absolute Gasteiger partial charge is 0.343 e. The molecule has 1 aromatic rings. The molecular formula is C13H21N3O3S. The van der Waals surface area contributed by atoms with E-state index in [4.69, 9.17) is 10.5 Å². The molecule has 0 saturated carbocycles. The maximum Gasteiger partial charge on any atom is 0.343 e. The fourth-order valence-electron chi connectivity index (χ4n) is 1.47. The highest BCUT2D eigenvalue weighted by Gasteiger charge is 2.23. The van der Waals surface area contributed by atoms with Gasteiger partial charge >= 0.3 is 5.97 Å². The van der Waals surface area contributed by atoms with Crippen LogP contribution >= 0.6 is 11.8 Å². The summed E-state index contributed by atoms with van der Waals surface area (Å²) in [7, 11) is 0. The van der Waals surface area contributed by atoms with Crippen molar-refractivity contribution in [2.45, 2.75) is 44.4 Å². The number of nitrogens with zero attached hydrogens (tertiary/aromatic N) is 2. The molecule has 20 heavy (non-hydrogen) atoms. The first-order valence-corrected chi connectivity index (χ1v) is 7.59. The number of rotatable bonds is 7. The first-order chi connectivity index (χ1) is 9.45. The van der Waals surface area contributed by atoms with Crippen molar-refractivity contribution in [1.29, 1.82) is 0 Å². The van der Waals surface area contributed by atoms with Gasteiger partial charge in [-0.15, -0.1) is 0 Å². The second kappa shape index (κ2) is 7.44. The van der Waals surface area contributed by atoms with Crippen LogP contribution in [0.25, 0.3) is 0 Å². The molecule has 1 heterocycles. The van der Waals surface area contributed by atoms with E-state index in [1.165, 1.54) is 18.0 Å². The molecule has 1 aromatic heterocycles. The van der Waals surface area contributed by atoms with Gasteiger partial charge in [-0.2, -0.15) is 0 Å². The summed E-state index contributed by atoms with van der Waals surface area (Å²) >= 11 is 1.32. The Hall–Kier alpha value is -1.34. The molecule has 0 unspecified atom stereocenters. The highest BCUT2D eigenvalue weighted by molar-refractivity contribution is 7.99. The summed E-state index contributed by atoms with van der Waals surface area (Å²) < 4.78 is 4.85. The van der Waals surface area contributed by atoms with Crippen LogP contribution in [0.4, 0.5) is 5.82 Å². The van der Waals surface area contributed by atoms with Gasteiger partial charge in [-0.1, -0.05) is 25.6 Å². The van der Waals surface area contributed by atoms with Crippen molar-refractivity contribution in [3.05, 3.63) is 11.8 Å². The Morgan fingerprint density at radius 3 is 2.60 bits per heavy atom. The van der Waals surface area contributed by atoms with E-state index in [9.17, 15) is 9.90 Å². The van der Waals surface area contributed by atoms with Crippen molar-refractivity contribution >= 4 is 23.5 Å². The Kier molecular flexibility index (Phi) is 6.22. The van der Waals surface area contributed by atoms with Crippen LogP contribution < -0.4 is 5.73 Å². The number of thioether (sulfide) groups is 1. The maximum atomic E-state index is 11.6. The molecule has 0 aliphatic rings. The van der Waals surface area contributed by atoms with Crippen LogP contribution in [0.3, 0.4) is 0 Å². The van der Waals surface area contributed by atoms with Crippen LogP contribution in [0.1, 0.15) is 44.0 Å². The van der Waals surface area contributed by atoms with Crippen LogP contribution in [0.2, 0.25) is 0 Å². The largest absolute Gasteiger partial charge is 0.462 e. The van der Waals surface area contributed by atoms with Crippen LogP contribution in [0, 0.1) is 0 Å². The van der Waals surface area contributed by atoms with Gasteiger partial charge in [0, 0.05) is 11.9 Å². The lowest BCUT2D eigenvalue weighted by atomic mass is 10.0. The third kappa shape index (κ3) is 4.35. The highest BCUT2D eigenvalue weighted by Crippen LogP contribution is 2.25. The van der Waals surface area contributed by atoms with Gasteiger partial charge < -0.3 is 15.6 Å². The van der Waals surface area contributed by atoms with Gasteiger partial charge in [0.15, 0.2) is 5.16 Å². The van der Waals surface area contributed by atoms with Crippen molar-refractivity contribution in [2.24, 2.45) is 0 Å². The highest BCUT2D eigenvalue weighted by atomic mass is 32.2. The van der Waals surface area contributed by atoms with E-state index in [1.807, 2.05) is 13.8 Å². The number of ether oxygens (including phenoxy) is 1. The topological polar surface area (TPSA) is 98.3 Å². The van der Waals surface area contributed by atoms with Gasteiger partial charge in [-0.3, -0.25) is 0 Å². The number of carbonyl (C=O) groups is 1. The SMILES string of the molecule is CCOC(=O)c1cnc(SCC(O)(CC)CC)nc1N. The van der Waals surface area contributed by atoms with Gasteiger partial charge in [0.1, 0.15) is 11.4 Å². The van der Waals surface area contributed by atoms with Gasteiger partial charge in [-0.05, 0) is 19.8 Å². The minimum Gasteiger partial charge on any atom is -0.462 e. The molecule has 7 heteroatoms. The number of hydrogen-bond donors (Lipinski definition) is 2. The van der Waals surface area contributed by atoms with Crippen molar-refractivity contribution in [2.75, 3.05) is 18.1 Å². The van der Waals surface area contributed by atoms with Gasteiger partial charge in [0.05, 0.1) is 12.2 Å². The predicted octanol–water partition coefficient (Wildman–Crippen LogP) is 1.88. The van der Waals surface area contributed by atoms with Crippen molar-refractivity contribution < 1.29 is 14.6 Å². The first kappa shape index (κ1) is 16.7. The van der Waals surface area contributed by atoms with Gasteiger partial charge in [-0.25, -0.2) is 14.8 Å². The van der Waals surface area contributed by atoms with E-state index in [1.54, 1.807) is 6.92 Å². The number of hydrogen-bond acceptors (Lipinski definition) is 7.